The zero-order chi connectivity index (χ0) is 24.7. The van der Waals surface area contributed by atoms with E-state index >= 15 is 4.39 Å². The molecular weight excluding hydrogens is 435 g/mol. The number of halogens is 1. The molecule has 4 rings (SSSR count). The molecule has 4 aliphatic rings. The van der Waals surface area contributed by atoms with Crippen LogP contribution in [0.2, 0.25) is 0 Å². The Bertz CT molecular complexity index is 976. The molecule has 0 bridgehead atoms. The van der Waals surface area contributed by atoms with Gasteiger partial charge in [-0.25, -0.2) is 4.39 Å². The Morgan fingerprint density at radius 1 is 1.24 bits per heavy atom. The molecule has 3 fully saturated rings. The number of carbonyl (C=O) groups is 3. The van der Waals surface area contributed by atoms with E-state index in [0.717, 1.165) is 13.0 Å². The molecule has 182 valence electrons. The number of rotatable bonds is 3. The summed E-state index contributed by atoms with van der Waals surface area (Å²) in [6.45, 7) is 5.14. The summed E-state index contributed by atoms with van der Waals surface area (Å²) < 4.78 is 22.0. The average Bonchev–Trinajstić information content (AvgIpc) is 2.93. The molecule has 8 nitrogen and oxygen atoms in total. The fourth-order valence-electron chi connectivity index (χ4n) is 7.44. The summed E-state index contributed by atoms with van der Waals surface area (Å²) in [5, 5.41) is 45.0. The van der Waals surface area contributed by atoms with E-state index in [0.29, 0.717) is 0 Å². The summed E-state index contributed by atoms with van der Waals surface area (Å²) in [5.74, 6) is -4.72. The maximum atomic E-state index is 17.2. The maximum absolute atomic E-state index is 17.2. The van der Waals surface area contributed by atoms with Crippen LogP contribution in [0.1, 0.15) is 40.5 Å². The van der Waals surface area contributed by atoms with Crippen LogP contribution in [0.4, 0.5) is 4.39 Å². The molecule has 0 amide bonds. The number of carbonyl (C=O) groups excluding carboxylic acids is 3. The van der Waals surface area contributed by atoms with Gasteiger partial charge in [0.2, 0.25) is 5.78 Å². The van der Waals surface area contributed by atoms with Crippen molar-refractivity contribution in [1.29, 1.82) is 0 Å². The number of ether oxygens (including phenoxy) is 1. The summed E-state index contributed by atoms with van der Waals surface area (Å²) in [4.78, 5) is 36.3. The van der Waals surface area contributed by atoms with Crippen molar-refractivity contribution in [2.24, 2.45) is 28.6 Å². The van der Waals surface area contributed by atoms with Crippen LogP contribution in [0.5, 0.6) is 0 Å². The van der Waals surface area contributed by atoms with E-state index in [9.17, 15) is 34.8 Å². The lowest BCUT2D eigenvalue weighted by atomic mass is 9.43. The molecule has 33 heavy (non-hydrogen) atoms. The van der Waals surface area contributed by atoms with E-state index in [4.69, 9.17) is 4.74 Å². The van der Waals surface area contributed by atoms with Crippen molar-refractivity contribution in [2.45, 2.75) is 70.1 Å². The molecule has 0 aromatic carbocycles. The fourth-order valence-corrected chi connectivity index (χ4v) is 7.44. The molecule has 0 unspecified atom stereocenters. The number of esters is 1. The van der Waals surface area contributed by atoms with E-state index in [1.165, 1.54) is 19.1 Å². The SMILES string of the molecule is CC(=O)OCC(=O)[C@@]1(O)[C@H](C)C[C@H]2[C@@H]3[C@@H](O)[C@@H](O)C4=CC(=O)C=C[C@]4(C)[C@@]3(F)[C@@H](O)C[C@@]21C. The van der Waals surface area contributed by atoms with E-state index in [2.05, 4.69) is 0 Å². The highest BCUT2D eigenvalue weighted by Gasteiger charge is 2.78. The lowest BCUT2D eigenvalue weighted by Gasteiger charge is -2.64. The van der Waals surface area contributed by atoms with Gasteiger partial charge >= 0.3 is 5.97 Å². The van der Waals surface area contributed by atoms with Gasteiger partial charge in [-0.05, 0) is 49.3 Å². The molecule has 3 saturated carbocycles. The predicted octanol–water partition coefficient (Wildman–Crippen LogP) is 0.408. The monoisotopic (exact) mass is 466 g/mol. The van der Waals surface area contributed by atoms with Gasteiger partial charge in [0.1, 0.15) is 11.7 Å². The van der Waals surface area contributed by atoms with Gasteiger partial charge in [-0.2, -0.15) is 0 Å². The van der Waals surface area contributed by atoms with Crippen molar-refractivity contribution < 1.29 is 43.9 Å². The van der Waals surface area contributed by atoms with Gasteiger partial charge in [-0.1, -0.05) is 19.9 Å². The van der Waals surface area contributed by atoms with Crippen LogP contribution in [-0.2, 0) is 19.1 Å². The number of hydrogen-bond donors (Lipinski definition) is 4. The minimum atomic E-state index is -2.47. The minimum absolute atomic E-state index is 0.00357. The molecule has 0 radical (unpaired) electrons. The first-order chi connectivity index (χ1) is 15.2. The van der Waals surface area contributed by atoms with Gasteiger partial charge in [0.15, 0.2) is 18.1 Å². The van der Waals surface area contributed by atoms with Gasteiger partial charge < -0.3 is 25.2 Å². The van der Waals surface area contributed by atoms with E-state index in [1.807, 2.05) is 0 Å². The molecular formula is C24H31FO8. The van der Waals surface area contributed by atoms with Crippen LogP contribution < -0.4 is 0 Å². The molecule has 0 spiro atoms. The van der Waals surface area contributed by atoms with Gasteiger partial charge in [0, 0.05) is 23.7 Å². The number of aliphatic hydroxyl groups is 4. The number of ketones is 2. The van der Waals surface area contributed by atoms with Crippen LogP contribution in [0.25, 0.3) is 0 Å². The molecule has 4 aliphatic carbocycles. The number of Topliss-reactive ketones (excluding diaryl/α,β-unsaturated/α-hetero) is 1. The highest BCUT2D eigenvalue weighted by molar-refractivity contribution is 6.01. The summed E-state index contributed by atoms with van der Waals surface area (Å²) in [6.07, 6.45) is -1.51. The van der Waals surface area contributed by atoms with Gasteiger partial charge in [-0.3, -0.25) is 14.4 Å². The topological polar surface area (TPSA) is 141 Å². The number of hydrogen-bond acceptors (Lipinski definition) is 8. The highest BCUT2D eigenvalue weighted by Crippen LogP contribution is 2.70. The fraction of sp³-hybridized carbons (Fsp3) is 0.708. The Kier molecular flexibility index (Phi) is 5.34. The number of aliphatic hydroxyl groups excluding tert-OH is 3. The number of alkyl halides is 1. The summed E-state index contributed by atoms with van der Waals surface area (Å²) in [7, 11) is 0. The molecule has 0 aliphatic heterocycles. The Balaban J connectivity index is 1.84. The minimum Gasteiger partial charge on any atom is -0.458 e. The third-order valence-corrected chi connectivity index (χ3v) is 9.15. The summed E-state index contributed by atoms with van der Waals surface area (Å²) in [6, 6.07) is 0. The van der Waals surface area contributed by atoms with Crippen LogP contribution in [0.15, 0.2) is 23.8 Å². The Labute approximate surface area is 191 Å². The van der Waals surface area contributed by atoms with Crippen molar-refractivity contribution in [2.75, 3.05) is 6.61 Å². The van der Waals surface area contributed by atoms with Gasteiger partial charge in [0.05, 0.1) is 12.2 Å². The molecule has 0 aromatic rings. The lowest BCUT2D eigenvalue weighted by Crippen LogP contribution is -2.74. The van der Waals surface area contributed by atoms with Crippen LogP contribution in [-0.4, -0.2) is 74.2 Å². The molecule has 10 atom stereocenters. The van der Waals surface area contributed by atoms with Crippen molar-refractivity contribution >= 4 is 17.5 Å². The second kappa shape index (κ2) is 7.28. The van der Waals surface area contributed by atoms with Crippen molar-refractivity contribution in [3.8, 4) is 0 Å². The Hall–Kier alpha value is -1.94. The Morgan fingerprint density at radius 2 is 1.88 bits per heavy atom. The standard InChI is InChI=1S/C24H31FO8/c1-11-7-14-18-20(31)19(30)15-8-13(27)5-6-21(15,3)23(18,25)16(28)9-22(14,4)24(11,32)17(29)10-33-12(2)26/h5-6,8,11,14,16,18-20,28,30-32H,7,9-10H2,1-4H3/t11-,14+,16+,18-,19+,20-,21+,22+,23-,24+/m1/s1. The van der Waals surface area contributed by atoms with Gasteiger partial charge in [0.25, 0.3) is 0 Å². The van der Waals surface area contributed by atoms with Crippen molar-refractivity contribution in [1.82, 2.24) is 0 Å². The van der Waals surface area contributed by atoms with E-state index < -0.39 is 82.3 Å². The average molecular weight is 467 g/mol. The zero-order valence-corrected chi connectivity index (χ0v) is 19.1. The number of fused-ring (bicyclic) bond motifs is 5. The second-order valence-electron chi connectivity index (χ2n) is 10.6. The molecule has 0 heterocycles. The highest BCUT2D eigenvalue weighted by atomic mass is 19.1. The second-order valence-corrected chi connectivity index (χ2v) is 10.6. The molecule has 0 saturated heterocycles. The smallest absolute Gasteiger partial charge is 0.303 e. The quantitative estimate of drug-likeness (QED) is 0.438. The van der Waals surface area contributed by atoms with Crippen LogP contribution in [0.3, 0.4) is 0 Å². The summed E-state index contributed by atoms with van der Waals surface area (Å²) >= 11 is 0. The predicted molar refractivity (Wildman–Crippen MR) is 112 cm³/mol. The lowest BCUT2D eigenvalue weighted by molar-refractivity contribution is -0.252. The third kappa shape index (κ3) is 2.79. The normalized spacial score (nSPS) is 50.7. The molecule has 9 heteroatoms. The largest absolute Gasteiger partial charge is 0.458 e. The van der Waals surface area contributed by atoms with Gasteiger partial charge in [-0.15, -0.1) is 0 Å². The molecule has 4 N–H and O–H groups in total. The summed E-state index contributed by atoms with van der Waals surface area (Å²) in [5.41, 5.74) is -7.46. The first-order valence-corrected chi connectivity index (χ1v) is 11.2. The Morgan fingerprint density at radius 3 is 2.48 bits per heavy atom. The van der Waals surface area contributed by atoms with Crippen molar-refractivity contribution in [3.63, 3.8) is 0 Å². The van der Waals surface area contributed by atoms with E-state index in [-0.39, 0.29) is 18.4 Å². The number of allylic oxidation sites excluding steroid dienone is 3. The van der Waals surface area contributed by atoms with Crippen molar-refractivity contribution in [3.05, 3.63) is 23.8 Å². The van der Waals surface area contributed by atoms with E-state index in [1.54, 1.807) is 13.8 Å². The van der Waals surface area contributed by atoms with Crippen LogP contribution in [0, 0.1) is 28.6 Å². The first kappa shape index (κ1) is 24.2. The maximum Gasteiger partial charge on any atom is 0.303 e. The molecule has 0 aromatic heterocycles. The first-order valence-electron chi connectivity index (χ1n) is 11.2. The van der Waals surface area contributed by atoms with Crippen LogP contribution >= 0.6 is 0 Å². The zero-order valence-electron chi connectivity index (χ0n) is 19.1. The third-order valence-electron chi connectivity index (χ3n) is 9.15.